The maximum Gasteiger partial charge on any atom is 0.133 e. The van der Waals surface area contributed by atoms with Crippen molar-refractivity contribution in [1.29, 1.82) is 5.26 Å². The molecule has 0 amide bonds. The summed E-state index contributed by atoms with van der Waals surface area (Å²) in [4.78, 5) is 0. The zero-order valence-electron chi connectivity index (χ0n) is 10.3. The second-order valence-corrected chi connectivity index (χ2v) is 4.46. The fourth-order valence-corrected chi connectivity index (χ4v) is 2.43. The summed E-state index contributed by atoms with van der Waals surface area (Å²) in [7, 11) is 3.30. The Morgan fingerprint density at radius 2 is 1.89 bits per heavy atom. The van der Waals surface area contributed by atoms with Crippen molar-refractivity contribution in [3.05, 3.63) is 35.9 Å². The molecular formula is C14H13NO2S. The first kappa shape index (κ1) is 12.6. The maximum absolute atomic E-state index is 8.67. The second-order valence-electron chi connectivity index (χ2n) is 3.70. The predicted molar refractivity (Wildman–Crippen MR) is 74.0 cm³/mol. The van der Waals surface area contributed by atoms with Gasteiger partial charge in [-0.3, -0.25) is 0 Å². The van der Waals surface area contributed by atoms with Crippen molar-refractivity contribution in [1.82, 2.24) is 0 Å². The molecule has 0 N–H and O–H groups in total. The van der Waals surface area contributed by atoms with Gasteiger partial charge >= 0.3 is 0 Å². The van der Waals surface area contributed by atoms with Gasteiger partial charge in [0, 0.05) is 22.1 Å². The van der Waals surface area contributed by atoms with Crippen LogP contribution in [0.3, 0.4) is 0 Å². The molecule has 0 radical (unpaired) electrons. The summed E-state index contributed by atoms with van der Waals surface area (Å²) in [6.45, 7) is 0. The lowest BCUT2D eigenvalue weighted by molar-refractivity contribution is 0.407. The van der Waals surface area contributed by atoms with Crippen molar-refractivity contribution in [2.75, 3.05) is 14.2 Å². The van der Waals surface area contributed by atoms with Crippen LogP contribution < -0.4 is 9.47 Å². The summed E-state index contributed by atoms with van der Waals surface area (Å²) < 4.78 is 10.9. The number of ether oxygens (including phenoxy) is 2. The molecule has 0 aromatic heterocycles. The Bertz CT molecular complexity index is 605. The first-order valence-electron chi connectivity index (χ1n) is 5.45. The van der Waals surface area contributed by atoms with Gasteiger partial charge in [0.25, 0.3) is 0 Å². The lowest BCUT2D eigenvalue weighted by Gasteiger charge is -2.14. The number of nitriles is 1. The third-order valence-corrected chi connectivity index (χ3v) is 3.33. The molecule has 18 heavy (non-hydrogen) atoms. The summed E-state index contributed by atoms with van der Waals surface area (Å²) >= 11 is 1.19. The fourth-order valence-electron chi connectivity index (χ4n) is 2.00. The standard InChI is InChI=1S/C14H13NO2S/c1-16-13-7-10(8-18-9-15)14(17-2)12-6-4-3-5-11(12)13/h3-7H,8H2,1-2H3. The highest BCUT2D eigenvalue weighted by Gasteiger charge is 2.12. The molecule has 0 aliphatic heterocycles. The van der Waals surface area contributed by atoms with Crippen LogP contribution >= 0.6 is 11.8 Å². The fraction of sp³-hybridized carbons (Fsp3) is 0.214. The molecule has 92 valence electrons. The quantitative estimate of drug-likeness (QED) is 0.787. The summed E-state index contributed by atoms with van der Waals surface area (Å²) in [5, 5.41) is 12.8. The molecule has 0 bridgehead atoms. The highest BCUT2D eigenvalue weighted by atomic mass is 32.2. The minimum absolute atomic E-state index is 0.584. The van der Waals surface area contributed by atoms with Crippen LogP contribution in [0.2, 0.25) is 0 Å². The molecule has 0 saturated heterocycles. The Hall–Kier alpha value is -1.86. The van der Waals surface area contributed by atoms with E-state index < -0.39 is 0 Å². The molecule has 0 saturated carbocycles. The van der Waals surface area contributed by atoms with Gasteiger partial charge in [0.15, 0.2) is 0 Å². The van der Waals surface area contributed by atoms with Gasteiger partial charge in [-0.25, -0.2) is 0 Å². The van der Waals surface area contributed by atoms with Gasteiger partial charge in [-0.15, -0.1) is 0 Å². The molecule has 2 aromatic carbocycles. The summed E-state index contributed by atoms with van der Waals surface area (Å²) in [5.74, 6) is 2.20. The molecule has 0 aliphatic carbocycles. The van der Waals surface area contributed by atoms with Gasteiger partial charge in [0.2, 0.25) is 0 Å². The Kier molecular flexibility index (Phi) is 3.96. The van der Waals surface area contributed by atoms with Crippen molar-refractivity contribution in [2.24, 2.45) is 0 Å². The van der Waals surface area contributed by atoms with Gasteiger partial charge in [-0.2, -0.15) is 5.26 Å². The number of thioether (sulfide) groups is 1. The van der Waals surface area contributed by atoms with Crippen LogP contribution in [0.1, 0.15) is 5.56 Å². The van der Waals surface area contributed by atoms with Crippen LogP contribution in [0.25, 0.3) is 10.8 Å². The molecule has 0 unspecified atom stereocenters. The van der Waals surface area contributed by atoms with Gasteiger partial charge in [0.05, 0.1) is 14.2 Å². The molecule has 4 heteroatoms. The minimum Gasteiger partial charge on any atom is -0.496 e. The van der Waals surface area contributed by atoms with Gasteiger partial charge in [0.1, 0.15) is 16.9 Å². The van der Waals surface area contributed by atoms with Crippen LogP contribution in [-0.2, 0) is 5.75 Å². The number of thiocyanates is 1. The minimum atomic E-state index is 0.584. The number of fused-ring (bicyclic) bond motifs is 1. The van der Waals surface area contributed by atoms with E-state index in [1.807, 2.05) is 30.3 Å². The molecule has 0 fully saturated rings. The van der Waals surface area contributed by atoms with Crippen LogP contribution in [0, 0.1) is 10.7 Å². The van der Waals surface area contributed by atoms with E-state index in [4.69, 9.17) is 14.7 Å². The van der Waals surface area contributed by atoms with Crippen molar-refractivity contribution in [2.45, 2.75) is 5.75 Å². The van der Waals surface area contributed by atoms with E-state index in [1.165, 1.54) is 11.8 Å². The van der Waals surface area contributed by atoms with Crippen molar-refractivity contribution in [3.8, 4) is 16.9 Å². The monoisotopic (exact) mass is 259 g/mol. The van der Waals surface area contributed by atoms with Gasteiger partial charge in [-0.05, 0) is 17.8 Å². The van der Waals surface area contributed by atoms with Crippen molar-refractivity contribution in [3.63, 3.8) is 0 Å². The van der Waals surface area contributed by atoms with E-state index in [2.05, 4.69) is 5.40 Å². The molecule has 3 nitrogen and oxygen atoms in total. The van der Waals surface area contributed by atoms with Crippen molar-refractivity contribution < 1.29 is 9.47 Å². The molecule has 0 heterocycles. The van der Waals surface area contributed by atoms with Crippen molar-refractivity contribution >= 4 is 22.5 Å². The summed E-state index contributed by atoms with van der Waals surface area (Å²) in [6.07, 6.45) is 0. The van der Waals surface area contributed by atoms with E-state index in [1.54, 1.807) is 14.2 Å². The number of benzene rings is 2. The third-order valence-electron chi connectivity index (χ3n) is 2.75. The number of hydrogen-bond donors (Lipinski definition) is 0. The van der Waals surface area contributed by atoms with E-state index in [0.29, 0.717) is 5.75 Å². The topological polar surface area (TPSA) is 42.2 Å². The lowest BCUT2D eigenvalue weighted by atomic mass is 10.0. The lowest BCUT2D eigenvalue weighted by Crippen LogP contribution is -1.95. The molecule has 2 rings (SSSR count). The maximum atomic E-state index is 8.67. The van der Waals surface area contributed by atoms with Gasteiger partial charge in [-0.1, -0.05) is 24.3 Å². The first-order valence-corrected chi connectivity index (χ1v) is 6.44. The molecule has 0 spiro atoms. The highest BCUT2D eigenvalue weighted by molar-refractivity contribution is 8.02. The van der Waals surface area contributed by atoms with E-state index in [0.717, 1.165) is 27.8 Å². The second kappa shape index (κ2) is 5.65. The van der Waals surface area contributed by atoms with Crippen LogP contribution in [0.4, 0.5) is 0 Å². The van der Waals surface area contributed by atoms with Crippen LogP contribution in [0.5, 0.6) is 11.5 Å². The smallest absolute Gasteiger partial charge is 0.133 e. The van der Waals surface area contributed by atoms with Crippen LogP contribution in [-0.4, -0.2) is 14.2 Å². The number of methoxy groups -OCH3 is 2. The summed E-state index contributed by atoms with van der Waals surface area (Å²) in [5.41, 5.74) is 0.972. The first-order chi connectivity index (χ1) is 8.81. The average Bonchev–Trinajstić information content (AvgIpc) is 2.43. The molecule has 0 aliphatic rings. The molecular weight excluding hydrogens is 246 g/mol. The highest BCUT2D eigenvalue weighted by Crippen LogP contribution is 2.37. The normalized spacial score (nSPS) is 10.1. The third kappa shape index (κ3) is 2.22. The molecule has 0 atom stereocenters. The number of nitrogens with zero attached hydrogens (tertiary/aromatic N) is 1. The number of rotatable bonds is 4. The van der Waals surface area contributed by atoms with E-state index >= 15 is 0 Å². The van der Waals surface area contributed by atoms with Gasteiger partial charge < -0.3 is 9.47 Å². The molecule has 2 aromatic rings. The average molecular weight is 259 g/mol. The van der Waals surface area contributed by atoms with Crippen LogP contribution in [0.15, 0.2) is 30.3 Å². The SMILES string of the molecule is COc1cc(CSC#N)c(OC)c2ccccc12. The zero-order valence-corrected chi connectivity index (χ0v) is 11.1. The number of hydrogen-bond acceptors (Lipinski definition) is 4. The zero-order chi connectivity index (χ0) is 13.0. The Labute approximate surface area is 110 Å². The van der Waals surface area contributed by atoms with E-state index in [9.17, 15) is 0 Å². The largest absolute Gasteiger partial charge is 0.496 e. The Balaban J connectivity index is 2.67. The Morgan fingerprint density at radius 1 is 1.17 bits per heavy atom. The Morgan fingerprint density at radius 3 is 2.50 bits per heavy atom. The predicted octanol–water partition coefficient (Wildman–Crippen LogP) is 3.57. The van der Waals surface area contributed by atoms with E-state index in [-0.39, 0.29) is 0 Å². The summed E-state index contributed by atoms with van der Waals surface area (Å²) in [6, 6.07) is 9.86.